The Kier molecular flexibility index (Phi) is 4.80. The molecule has 2 aromatic rings. The van der Waals surface area contributed by atoms with Crippen LogP contribution in [0.25, 0.3) is 0 Å². The van der Waals surface area contributed by atoms with Gasteiger partial charge in [0.25, 0.3) is 0 Å². The van der Waals surface area contributed by atoms with Gasteiger partial charge in [-0.1, -0.05) is 53.0 Å². The monoisotopic (exact) mass is 318 g/mol. The fourth-order valence-electron chi connectivity index (χ4n) is 1.73. The van der Waals surface area contributed by atoms with Crippen LogP contribution in [0.1, 0.15) is 16.5 Å². The molecule has 0 N–H and O–H groups in total. The third-order valence-electron chi connectivity index (χ3n) is 2.60. The number of alkyl halides is 1. The molecule has 0 aromatic heterocycles. The van der Waals surface area contributed by atoms with Gasteiger partial charge in [0.05, 0.1) is 5.38 Å². The maximum absolute atomic E-state index is 6.38. The Morgan fingerprint density at radius 2 is 1.50 bits per heavy atom. The molecular formula is C14H10Cl4. The highest BCUT2D eigenvalue weighted by Gasteiger charge is 2.12. The van der Waals surface area contributed by atoms with E-state index < -0.39 is 0 Å². The number of benzene rings is 2. The van der Waals surface area contributed by atoms with E-state index in [4.69, 9.17) is 46.4 Å². The van der Waals surface area contributed by atoms with Gasteiger partial charge in [-0.3, -0.25) is 0 Å². The molecule has 94 valence electrons. The van der Waals surface area contributed by atoms with Crippen molar-refractivity contribution >= 4 is 46.4 Å². The Morgan fingerprint density at radius 3 is 2.11 bits per heavy atom. The fraction of sp³-hybridized carbons (Fsp3) is 0.143. The number of halogens is 4. The summed E-state index contributed by atoms with van der Waals surface area (Å²) in [5.74, 6) is 0. The summed E-state index contributed by atoms with van der Waals surface area (Å²) in [4.78, 5) is 0. The van der Waals surface area contributed by atoms with Crippen molar-refractivity contribution in [3.05, 3.63) is 68.7 Å². The molecule has 0 radical (unpaired) electrons. The number of hydrogen-bond donors (Lipinski definition) is 0. The summed E-state index contributed by atoms with van der Waals surface area (Å²) >= 11 is 24.4. The first-order valence-electron chi connectivity index (χ1n) is 5.40. The summed E-state index contributed by atoms with van der Waals surface area (Å²) in [5.41, 5.74) is 1.91. The molecule has 2 aromatic carbocycles. The molecule has 2 rings (SSSR count). The van der Waals surface area contributed by atoms with Crippen LogP contribution in [-0.4, -0.2) is 0 Å². The zero-order chi connectivity index (χ0) is 13.1. The Balaban J connectivity index is 2.22. The smallest absolute Gasteiger partial charge is 0.0627 e. The highest BCUT2D eigenvalue weighted by Crippen LogP contribution is 2.31. The van der Waals surface area contributed by atoms with Gasteiger partial charge in [0.2, 0.25) is 0 Å². The zero-order valence-corrected chi connectivity index (χ0v) is 12.4. The van der Waals surface area contributed by atoms with E-state index in [1.165, 1.54) is 0 Å². The van der Waals surface area contributed by atoms with Crippen LogP contribution >= 0.6 is 46.4 Å². The molecular weight excluding hydrogens is 310 g/mol. The van der Waals surface area contributed by atoms with Crippen LogP contribution in [0.5, 0.6) is 0 Å². The summed E-state index contributed by atoms with van der Waals surface area (Å²) in [6.45, 7) is 0. The van der Waals surface area contributed by atoms with Crippen molar-refractivity contribution in [3.63, 3.8) is 0 Å². The summed E-state index contributed by atoms with van der Waals surface area (Å²) in [7, 11) is 0. The Bertz CT molecular complexity index is 531. The van der Waals surface area contributed by atoms with E-state index in [-0.39, 0.29) is 5.38 Å². The van der Waals surface area contributed by atoms with E-state index in [1.54, 1.807) is 6.07 Å². The Labute approximate surface area is 126 Å². The molecule has 0 saturated heterocycles. The zero-order valence-electron chi connectivity index (χ0n) is 9.34. The van der Waals surface area contributed by atoms with Crippen molar-refractivity contribution in [1.82, 2.24) is 0 Å². The standard InChI is InChI=1S/C14H10Cl4/c15-11-5-10(6-12(16)8-11)14(18)7-9-3-1-2-4-13(9)17/h1-6,8,14H,7H2. The highest BCUT2D eigenvalue weighted by molar-refractivity contribution is 6.35. The van der Waals surface area contributed by atoms with Crippen molar-refractivity contribution in [2.75, 3.05) is 0 Å². The molecule has 4 heteroatoms. The molecule has 0 saturated carbocycles. The minimum Gasteiger partial charge on any atom is -0.117 e. The predicted octanol–water partition coefficient (Wildman–Crippen LogP) is 6.17. The normalized spacial score (nSPS) is 12.4. The Morgan fingerprint density at radius 1 is 0.889 bits per heavy atom. The average Bonchev–Trinajstić information content (AvgIpc) is 2.31. The molecule has 0 fully saturated rings. The van der Waals surface area contributed by atoms with E-state index in [0.29, 0.717) is 16.5 Å². The molecule has 0 aliphatic carbocycles. The molecule has 18 heavy (non-hydrogen) atoms. The Hall–Kier alpha value is -0.400. The summed E-state index contributed by atoms with van der Waals surface area (Å²) in [6, 6.07) is 13.0. The van der Waals surface area contributed by atoms with Crippen molar-refractivity contribution in [2.45, 2.75) is 11.8 Å². The molecule has 1 unspecified atom stereocenters. The van der Waals surface area contributed by atoms with Gasteiger partial charge in [-0.15, -0.1) is 11.6 Å². The van der Waals surface area contributed by atoms with Crippen molar-refractivity contribution in [2.24, 2.45) is 0 Å². The van der Waals surface area contributed by atoms with Crippen LogP contribution in [-0.2, 0) is 6.42 Å². The van der Waals surface area contributed by atoms with Crippen molar-refractivity contribution in [1.29, 1.82) is 0 Å². The first-order chi connectivity index (χ1) is 8.56. The maximum Gasteiger partial charge on any atom is 0.0627 e. The second-order valence-corrected chi connectivity index (χ2v) is 5.77. The summed E-state index contributed by atoms with van der Waals surface area (Å²) in [5, 5.41) is 1.68. The molecule has 0 bridgehead atoms. The number of rotatable bonds is 3. The van der Waals surface area contributed by atoms with Crippen LogP contribution in [0.15, 0.2) is 42.5 Å². The van der Waals surface area contributed by atoms with Crippen LogP contribution < -0.4 is 0 Å². The van der Waals surface area contributed by atoms with Gasteiger partial charge < -0.3 is 0 Å². The van der Waals surface area contributed by atoms with Crippen LogP contribution in [0.3, 0.4) is 0 Å². The van der Waals surface area contributed by atoms with Crippen LogP contribution in [0.4, 0.5) is 0 Å². The second-order valence-electron chi connectivity index (χ2n) is 3.97. The molecule has 0 heterocycles. The molecule has 0 amide bonds. The fourth-order valence-corrected chi connectivity index (χ4v) is 2.78. The van der Waals surface area contributed by atoms with E-state index in [9.17, 15) is 0 Å². The van der Waals surface area contributed by atoms with Crippen LogP contribution in [0, 0.1) is 0 Å². The highest BCUT2D eigenvalue weighted by atomic mass is 35.5. The SMILES string of the molecule is Clc1cc(Cl)cc(C(Cl)Cc2ccccc2Cl)c1. The predicted molar refractivity (Wildman–Crippen MR) is 80.2 cm³/mol. The minimum absolute atomic E-state index is 0.207. The van der Waals surface area contributed by atoms with Gasteiger partial charge in [-0.05, 0) is 41.8 Å². The second kappa shape index (κ2) is 6.16. The molecule has 0 aliphatic rings. The summed E-state index contributed by atoms with van der Waals surface area (Å²) < 4.78 is 0. The first kappa shape index (κ1) is 14.0. The molecule has 0 aliphatic heterocycles. The maximum atomic E-state index is 6.38. The minimum atomic E-state index is -0.207. The van der Waals surface area contributed by atoms with Crippen molar-refractivity contribution < 1.29 is 0 Å². The number of hydrogen-bond acceptors (Lipinski definition) is 0. The van der Waals surface area contributed by atoms with Crippen LogP contribution in [0.2, 0.25) is 15.1 Å². The van der Waals surface area contributed by atoms with Gasteiger partial charge in [0.15, 0.2) is 0 Å². The lowest BCUT2D eigenvalue weighted by Gasteiger charge is -2.12. The van der Waals surface area contributed by atoms with Gasteiger partial charge in [0.1, 0.15) is 0 Å². The van der Waals surface area contributed by atoms with Gasteiger partial charge in [-0.25, -0.2) is 0 Å². The third-order valence-corrected chi connectivity index (χ3v) is 3.81. The van der Waals surface area contributed by atoms with E-state index in [1.807, 2.05) is 36.4 Å². The first-order valence-corrected chi connectivity index (χ1v) is 6.97. The quantitative estimate of drug-likeness (QED) is 0.593. The largest absolute Gasteiger partial charge is 0.117 e. The topological polar surface area (TPSA) is 0 Å². The lowest BCUT2D eigenvalue weighted by molar-refractivity contribution is 0.920. The average molecular weight is 320 g/mol. The van der Waals surface area contributed by atoms with E-state index in [2.05, 4.69) is 0 Å². The van der Waals surface area contributed by atoms with E-state index >= 15 is 0 Å². The molecule has 1 atom stereocenters. The third kappa shape index (κ3) is 3.55. The van der Waals surface area contributed by atoms with E-state index in [0.717, 1.165) is 16.1 Å². The van der Waals surface area contributed by atoms with Gasteiger partial charge in [-0.2, -0.15) is 0 Å². The molecule has 0 nitrogen and oxygen atoms in total. The van der Waals surface area contributed by atoms with Gasteiger partial charge >= 0.3 is 0 Å². The lowest BCUT2D eigenvalue weighted by atomic mass is 10.0. The van der Waals surface area contributed by atoms with Crippen molar-refractivity contribution in [3.8, 4) is 0 Å². The molecule has 0 spiro atoms. The van der Waals surface area contributed by atoms with Gasteiger partial charge in [0, 0.05) is 15.1 Å². The summed E-state index contributed by atoms with van der Waals surface area (Å²) in [6.07, 6.45) is 0.637. The lowest BCUT2D eigenvalue weighted by Crippen LogP contribution is -1.96.